The van der Waals surface area contributed by atoms with Gasteiger partial charge in [-0.15, -0.1) is 0 Å². The highest BCUT2D eigenvalue weighted by Gasteiger charge is 2.16. The number of nitrogens with zero attached hydrogens (tertiary/aromatic N) is 1. The highest BCUT2D eigenvalue weighted by molar-refractivity contribution is 9.10. The highest BCUT2D eigenvalue weighted by atomic mass is 79.9. The Balaban J connectivity index is 1.77. The maximum atomic E-state index is 6.18. The third-order valence-electron chi connectivity index (χ3n) is 2.71. The summed E-state index contributed by atoms with van der Waals surface area (Å²) in [5.41, 5.74) is 1.87. The van der Waals surface area contributed by atoms with Gasteiger partial charge in [0.15, 0.2) is 11.5 Å². The molecule has 0 unspecified atom stereocenters. The van der Waals surface area contributed by atoms with E-state index < -0.39 is 0 Å². The van der Waals surface area contributed by atoms with Crippen LogP contribution in [-0.2, 0) is 6.54 Å². The van der Waals surface area contributed by atoms with Crippen LogP contribution in [0.3, 0.4) is 0 Å². The molecule has 2 heterocycles. The summed E-state index contributed by atoms with van der Waals surface area (Å²) in [6, 6.07) is 5.60. The first-order valence-electron chi connectivity index (χ1n) is 5.65. The summed E-state index contributed by atoms with van der Waals surface area (Å²) in [6.45, 7) is 0.871. The summed E-state index contributed by atoms with van der Waals surface area (Å²) in [4.78, 5) is 4.11. The zero-order valence-electron chi connectivity index (χ0n) is 9.82. The van der Waals surface area contributed by atoms with Crippen LogP contribution in [0, 0.1) is 0 Å². The second kappa shape index (κ2) is 5.27. The molecule has 0 saturated carbocycles. The topological polar surface area (TPSA) is 43.4 Å². The zero-order chi connectivity index (χ0) is 13.2. The highest BCUT2D eigenvalue weighted by Crippen LogP contribution is 2.39. The van der Waals surface area contributed by atoms with Crippen LogP contribution < -0.4 is 14.8 Å². The summed E-state index contributed by atoms with van der Waals surface area (Å²) in [6.07, 6.45) is 3.55. The van der Waals surface area contributed by atoms with Crippen LogP contribution in [-0.4, -0.2) is 11.8 Å². The molecule has 6 heteroatoms. The maximum Gasteiger partial charge on any atom is 0.231 e. The molecular weight excluding hydrogens is 332 g/mol. The molecule has 98 valence electrons. The molecule has 1 N–H and O–H groups in total. The van der Waals surface area contributed by atoms with Crippen molar-refractivity contribution in [2.24, 2.45) is 0 Å². The van der Waals surface area contributed by atoms with Gasteiger partial charge in [-0.1, -0.05) is 11.6 Å². The number of benzene rings is 1. The van der Waals surface area contributed by atoms with Gasteiger partial charge in [0.2, 0.25) is 6.79 Å². The Bertz CT molecular complexity index is 622. The number of pyridine rings is 1. The second-order valence-corrected chi connectivity index (χ2v) is 5.37. The first kappa shape index (κ1) is 12.6. The van der Waals surface area contributed by atoms with E-state index in [0.717, 1.165) is 15.7 Å². The van der Waals surface area contributed by atoms with Gasteiger partial charge in [-0.3, -0.25) is 4.98 Å². The number of anilines is 1. The largest absolute Gasteiger partial charge is 0.454 e. The normalized spacial score (nSPS) is 12.5. The van der Waals surface area contributed by atoms with Crippen LogP contribution in [0.15, 0.2) is 35.1 Å². The van der Waals surface area contributed by atoms with Crippen molar-refractivity contribution in [2.75, 3.05) is 12.1 Å². The molecule has 0 fully saturated rings. The van der Waals surface area contributed by atoms with Crippen LogP contribution in [0.25, 0.3) is 0 Å². The van der Waals surface area contributed by atoms with Gasteiger partial charge in [0, 0.05) is 35.5 Å². The van der Waals surface area contributed by atoms with Gasteiger partial charge in [-0.25, -0.2) is 0 Å². The minimum Gasteiger partial charge on any atom is -0.454 e. The van der Waals surface area contributed by atoms with E-state index in [1.165, 1.54) is 0 Å². The van der Waals surface area contributed by atoms with Crippen molar-refractivity contribution in [3.63, 3.8) is 0 Å². The summed E-state index contributed by atoms with van der Waals surface area (Å²) in [7, 11) is 0. The molecule has 1 aromatic carbocycles. The number of nitrogens with one attached hydrogen (secondary N) is 1. The van der Waals surface area contributed by atoms with Crippen LogP contribution in [0.4, 0.5) is 5.69 Å². The summed E-state index contributed by atoms with van der Waals surface area (Å²) in [5.74, 6) is 1.39. The molecule has 1 aromatic heterocycles. The predicted molar refractivity (Wildman–Crippen MR) is 76.8 cm³/mol. The van der Waals surface area contributed by atoms with Crippen molar-refractivity contribution in [3.05, 3.63) is 45.7 Å². The molecule has 0 radical (unpaired) electrons. The molecule has 0 atom stereocenters. The van der Waals surface area contributed by atoms with Crippen molar-refractivity contribution < 1.29 is 9.47 Å². The molecule has 2 aromatic rings. The molecule has 0 aliphatic carbocycles. The Labute approximate surface area is 123 Å². The Hall–Kier alpha value is -1.46. The fraction of sp³-hybridized carbons (Fsp3) is 0.154. The number of fused-ring (bicyclic) bond motifs is 1. The molecule has 4 nitrogen and oxygen atoms in total. The lowest BCUT2D eigenvalue weighted by Gasteiger charge is -2.09. The number of aromatic nitrogens is 1. The zero-order valence-corrected chi connectivity index (χ0v) is 12.2. The van der Waals surface area contributed by atoms with Gasteiger partial charge in [0.05, 0.1) is 10.7 Å². The Morgan fingerprint density at radius 3 is 2.79 bits per heavy atom. The molecule has 0 saturated heterocycles. The van der Waals surface area contributed by atoms with Gasteiger partial charge in [-0.05, 0) is 27.6 Å². The van der Waals surface area contributed by atoms with Crippen molar-refractivity contribution in [1.82, 2.24) is 4.98 Å². The molecule has 0 amide bonds. The molecule has 1 aliphatic heterocycles. The molecule has 0 spiro atoms. The van der Waals surface area contributed by atoms with E-state index in [2.05, 4.69) is 26.2 Å². The van der Waals surface area contributed by atoms with E-state index in [1.54, 1.807) is 18.5 Å². The lowest BCUT2D eigenvalue weighted by atomic mass is 10.2. The van der Waals surface area contributed by atoms with Crippen LogP contribution in [0.1, 0.15) is 5.56 Å². The quantitative estimate of drug-likeness (QED) is 0.921. The minimum absolute atomic E-state index is 0.241. The third kappa shape index (κ3) is 2.77. The fourth-order valence-corrected chi connectivity index (χ4v) is 2.44. The number of hydrogen-bond acceptors (Lipinski definition) is 4. The Morgan fingerprint density at radius 1 is 1.21 bits per heavy atom. The lowest BCUT2D eigenvalue weighted by Crippen LogP contribution is -2.00. The average Bonchev–Trinajstić information content (AvgIpc) is 2.83. The van der Waals surface area contributed by atoms with Crippen molar-refractivity contribution >= 4 is 33.2 Å². The Kier molecular flexibility index (Phi) is 3.48. The molecule has 1 aliphatic rings. The lowest BCUT2D eigenvalue weighted by molar-refractivity contribution is 0.174. The predicted octanol–water partition coefficient (Wildman–Crippen LogP) is 3.84. The van der Waals surface area contributed by atoms with Crippen LogP contribution in [0.5, 0.6) is 11.5 Å². The molecular formula is C13H10BrClN2O2. The monoisotopic (exact) mass is 340 g/mol. The van der Waals surface area contributed by atoms with E-state index in [-0.39, 0.29) is 6.79 Å². The number of rotatable bonds is 3. The van der Waals surface area contributed by atoms with Crippen LogP contribution in [0.2, 0.25) is 5.02 Å². The van der Waals surface area contributed by atoms with E-state index in [4.69, 9.17) is 21.1 Å². The Morgan fingerprint density at radius 2 is 2.00 bits per heavy atom. The van der Waals surface area contributed by atoms with Crippen molar-refractivity contribution in [1.29, 1.82) is 0 Å². The molecule has 0 bridgehead atoms. The summed E-state index contributed by atoms with van der Waals surface area (Å²) < 4.78 is 11.5. The van der Waals surface area contributed by atoms with E-state index in [0.29, 0.717) is 23.1 Å². The summed E-state index contributed by atoms with van der Waals surface area (Å²) >= 11 is 9.57. The standard InChI is InChI=1S/C13H10BrClN2O2/c14-9-1-8(4-16-6-9)5-17-11-3-13-12(2-10(11)15)18-7-19-13/h1-4,6,17H,5,7H2. The summed E-state index contributed by atoms with van der Waals surface area (Å²) in [5, 5.41) is 3.86. The molecule has 3 rings (SSSR count). The fourth-order valence-electron chi connectivity index (χ4n) is 1.80. The van der Waals surface area contributed by atoms with Gasteiger partial charge in [-0.2, -0.15) is 0 Å². The molecule has 19 heavy (non-hydrogen) atoms. The number of ether oxygens (including phenoxy) is 2. The van der Waals surface area contributed by atoms with Gasteiger partial charge >= 0.3 is 0 Å². The smallest absolute Gasteiger partial charge is 0.231 e. The van der Waals surface area contributed by atoms with Crippen molar-refractivity contribution in [3.8, 4) is 11.5 Å². The van der Waals surface area contributed by atoms with Gasteiger partial charge in [0.25, 0.3) is 0 Å². The van der Waals surface area contributed by atoms with E-state index >= 15 is 0 Å². The second-order valence-electron chi connectivity index (χ2n) is 4.05. The third-order valence-corrected chi connectivity index (χ3v) is 3.45. The SMILES string of the molecule is Clc1cc2c(cc1NCc1cncc(Br)c1)OCO2. The first-order valence-corrected chi connectivity index (χ1v) is 6.82. The van der Waals surface area contributed by atoms with E-state index in [9.17, 15) is 0 Å². The van der Waals surface area contributed by atoms with Gasteiger partial charge in [0.1, 0.15) is 0 Å². The number of halogens is 2. The van der Waals surface area contributed by atoms with Crippen LogP contribution >= 0.6 is 27.5 Å². The minimum atomic E-state index is 0.241. The van der Waals surface area contributed by atoms with Gasteiger partial charge < -0.3 is 14.8 Å². The van der Waals surface area contributed by atoms with E-state index in [1.807, 2.05) is 12.1 Å². The average molecular weight is 342 g/mol. The van der Waals surface area contributed by atoms with Crippen molar-refractivity contribution in [2.45, 2.75) is 6.54 Å². The first-order chi connectivity index (χ1) is 9.22. The maximum absolute atomic E-state index is 6.18. The number of hydrogen-bond donors (Lipinski definition) is 1.